The lowest BCUT2D eigenvalue weighted by molar-refractivity contribution is -0.135. The van der Waals surface area contributed by atoms with Crippen LogP contribution in [0.5, 0.6) is 0 Å². The van der Waals surface area contributed by atoms with E-state index in [-0.39, 0.29) is 18.4 Å². The van der Waals surface area contributed by atoms with Crippen LogP contribution in [0, 0.1) is 13.8 Å². The second-order valence-electron chi connectivity index (χ2n) is 6.92. The average Bonchev–Trinajstić information content (AvgIpc) is 3.28. The monoisotopic (exact) mass is 415 g/mol. The van der Waals surface area contributed by atoms with Crippen molar-refractivity contribution in [1.29, 1.82) is 0 Å². The topological polar surface area (TPSA) is 72.4 Å². The van der Waals surface area contributed by atoms with Gasteiger partial charge >= 0.3 is 5.97 Å². The molecular weight excluding hydrogens is 394 g/mol. The minimum atomic E-state index is -0.476. The number of carbonyl (C=O) groups excluding carboxylic acids is 2. The molecule has 146 valence electrons. The van der Waals surface area contributed by atoms with Crippen molar-refractivity contribution >= 4 is 44.8 Å². The Morgan fingerprint density at radius 1 is 1.21 bits per heavy atom. The molecule has 3 heterocycles. The van der Waals surface area contributed by atoms with Gasteiger partial charge < -0.3 is 9.64 Å². The van der Waals surface area contributed by atoms with Crippen LogP contribution in [0.25, 0.3) is 10.2 Å². The fourth-order valence-corrected chi connectivity index (χ4v) is 5.38. The van der Waals surface area contributed by atoms with Gasteiger partial charge in [0.25, 0.3) is 5.91 Å². The highest BCUT2D eigenvalue weighted by atomic mass is 32.1. The predicted molar refractivity (Wildman–Crippen MR) is 110 cm³/mol. The summed E-state index contributed by atoms with van der Waals surface area (Å²) < 4.78 is 6.42. The minimum Gasteiger partial charge on any atom is -0.451 e. The number of amides is 1. The van der Waals surface area contributed by atoms with Gasteiger partial charge in [0.1, 0.15) is 4.88 Å². The highest BCUT2D eigenvalue weighted by Crippen LogP contribution is 2.33. The third-order valence-corrected chi connectivity index (χ3v) is 7.10. The number of thiazole rings is 2. The van der Waals surface area contributed by atoms with Gasteiger partial charge in [-0.3, -0.25) is 4.79 Å². The number of ether oxygens (including phenoxy) is 1. The molecule has 0 unspecified atom stereocenters. The number of aromatic nitrogens is 2. The molecule has 3 aromatic rings. The van der Waals surface area contributed by atoms with Gasteiger partial charge in [0.05, 0.1) is 25.9 Å². The van der Waals surface area contributed by atoms with Crippen molar-refractivity contribution in [3.63, 3.8) is 0 Å². The van der Waals surface area contributed by atoms with E-state index in [0.717, 1.165) is 28.4 Å². The number of nitrogens with zero attached hydrogens (tertiary/aromatic N) is 3. The largest absolute Gasteiger partial charge is 0.451 e. The number of rotatable bonds is 4. The number of hydrogen-bond donors (Lipinski definition) is 0. The Bertz CT molecular complexity index is 994. The number of esters is 1. The zero-order valence-corrected chi connectivity index (χ0v) is 17.4. The molecule has 2 aromatic heterocycles. The summed E-state index contributed by atoms with van der Waals surface area (Å²) in [4.78, 5) is 36.0. The first-order valence-corrected chi connectivity index (χ1v) is 10.9. The summed E-state index contributed by atoms with van der Waals surface area (Å²) in [5.74, 6) is -0.397. The maximum absolute atomic E-state index is 12.6. The molecule has 1 fully saturated rings. The molecule has 28 heavy (non-hydrogen) atoms. The van der Waals surface area contributed by atoms with Crippen molar-refractivity contribution in [2.24, 2.45) is 0 Å². The molecule has 0 spiro atoms. The fourth-order valence-electron chi connectivity index (χ4n) is 3.47. The summed E-state index contributed by atoms with van der Waals surface area (Å²) in [7, 11) is 0. The molecule has 0 aliphatic carbocycles. The third-order valence-electron chi connectivity index (χ3n) is 4.85. The first-order chi connectivity index (χ1) is 13.5. The molecule has 8 heteroatoms. The van der Waals surface area contributed by atoms with E-state index in [2.05, 4.69) is 11.1 Å². The summed E-state index contributed by atoms with van der Waals surface area (Å²) in [6.45, 7) is 4.69. The van der Waals surface area contributed by atoms with Crippen molar-refractivity contribution in [3.05, 3.63) is 44.9 Å². The summed E-state index contributed by atoms with van der Waals surface area (Å²) in [5.41, 5.74) is 1.66. The molecule has 1 aromatic carbocycles. The van der Waals surface area contributed by atoms with Crippen LogP contribution in [0.2, 0.25) is 0 Å². The zero-order chi connectivity index (χ0) is 19.7. The number of carbonyl (C=O) groups is 2. The van der Waals surface area contributed by atoms with Crippen LogP contribution in [0.15, 0.2) is 24.3 Å². The Morgan fingerprint density at radius 2 is 2.04 bits per heavy atom. The molecule has 1 amide bonds. The van der Waals surface area contributed by atoms with E-state index in [1.807, 2.05) is 25.1 Å². The van der Waals surface area contributed by atoms with Gasteiger partial charge in [0.2, 0.25) is 0 Å². The normalized spacial score (nSPS) is 17.1. The van der Waals surface area contributed by atoms with Crippen LogP contribution in [-0.2, 0) is 9.53 Å². The van der Waals surface area contributed by atoms with Crippen LogP contribution < -0.4 is 0 Å². The molecule has 0 bridgehead atoms. The van der Waals surface area contributed by atoms with Gasteiger partial charge in [-0.05, 0) is 38.8 Å². The maximum Gasteiger partial charge on any atom is 0.350 e. The Morgan fingerprint density at radius 3 is 2.79 bits per heavy atom. The number of fused-ring (bicyclic) bond motifs is 1. The fraction of sp³-hybridized carbons (Fsp3) is 0.400. The van der Waals surface area contributed by atoms with Gasteiger partial charge in [0.15, 0.2) is 6.61 Å². The highest BCUT2D eigenvalue weighted by Gasteiger charge is 2.28. The number of benzene rings is 1. The number of aryl methyl sites for hydroxylation is 2. The van der Waals surface area contributed by atoms with E-state index in [1.54, 1.807) is 23.2 Å². The van der Waals surface area contributed by atoms with Crippen molar-refractivity contribution < 1.29 is 14.3 Å². The van der Waals surface area contributed by atoms with E-state index in [0.29, 0.717) is 23.7 Å². The smallest absolute Gasteiger partial charge is 0.350 e. The van der Waals surface area contributed by atoms with Crippen molar-refractivity contribution in [2.75, 3.05) is 19.7 Å². The number of likely N-dealkylation sites (tertiary alicyclic amines) is 1. The van der Waals surface area contributed by atoms with Crippen molar-refractivity contribution in [1.82, 2.24) is 14.9 Å². The van der Waals surface area contributed by atoms with Crippen LogP contribution in [0.3, 0.4) is 0 Å². The van der Waals surface area contributed by atoms with Gasteiger partial charge in [-0.15, -0.1) is 22.7 Å². The molecule has 4 rings (SSSR count). The quantitative estimate of drug-likeness (QED) is 0.604. The van der Waals surface area contributed by atoms with Crippen molar-refractivity contribution in [2.45, 2.75) is 32.6 Å². The second kappa shape index (κ2) is 7.97. The SMILES string of the molecule is Cc1nc(C)c(C(=O)OCC(=O)N2CCC[C@@H](c3nc4ccccc4s3)C2)s1. The first-order valence-electron chi connectivity index (χ1n) is 9.25. The second-order valence-corrected chi connectivity index (χ2v) is 9.19. The van der Waals surface area contributed by atoms with Gasteiger partial charge in [0, 0.05) is 19.0 Å². The summed E-state index contributed by atoms with van der Waals surface area (Å²) in [6, 6.07) is 8.10. The number of piperidine rings is 1. The Kier molecular flexibility index (Phi) is 5.41. The first kappa shape index (κ1) is 19.0. The maximum atomic E-state index is 12.6. The molecule has 0 saturated carbocycles. The number of hydrogen-bond acceptors (Lipinski definition) is 7. The number of para-hydroxylation sites is 1. The molecule has 6 nitrogen and oxygen atoms in total. The molecule has 1 aliphatic rings. The van der Waals surface area contributed by atoms with E-state index < -0.39 is 5.97 Å². The molecule has 0 radical (unpaired) electrons. The van der Waals surface area contributed by atoms with Crippen molar-refractivity contribution in [3.8, 4) is 0 Å². The predicted octanol–water partition coefficient (Wildman–Crippen LogP) is 3.93. The Balaban J connectivity index is 1.38. The van der Waals surface area contributed by atoms with Gasteiger partial charge in [-0.2, -0.15) is 0 Å². The minimum absolute atomic E-state index is 0.155. The Hall–Kier alpha value is -2.32. The Labute approximate surface area is 171 Å². The van der Waals surface area contributed by atoms with Gasteiger partial charge in [-0.1, -0.05) is 12.1 Å². The van der Waals surface area contributed by atoms with E-state index >= 15 is 0 Å². The highest BCUT2D eigenvalue weighted by molar-refractivity contribution is 7.18. The standard InChI is InChI=1S/C20H21N3O3S2/c1-12-18(27-13(2)21-12)20(25)26-11-17(24)23-9-5-6-14(10-23)19-22-15-7-3-4-8-16(15)28-19/h3-4,7-8,14H,5-6,9-11H2,1-2H3/t14-/m1/s1. The summed E-state index contributed by atoms with van der Waals surface area (Å²) >= 11 is 2.99. The van der Waals surface area contributed by atoms with Crippen LogP contribution >= 0.6 is 22.7 Å². The van der Waals surface area contributed by atoms with E-state index in [9.17, 15) is 9.59 Å². The molecule has 1 aliphatic heterocycles. The lowest BCUT2D eigenvalue weighted by Gasteiger charge is -2.31. The molecular formula is C20H21N3O3S2. The molecule has 1 saturated heterocycles. The average molecular weight is 416 g/mol. The van der Waals surface area contributed by atoms with Crippen LogP contribution in [0.4, 0.5) is 0 Å². The van der Waals surface area contributed by atoms with Crippen LogP contribution in [0.1, 0.15) is 44.1 Å². The van der Waals surface area contributed by atoms with Gasteiger partial charge in [-0.25, -0.2) is 14.8 Å². The zero-order valence-electron chi connectivity index (χ0n) is 15.8. The third kappa shape index (κ3) is 3.93. The molecule has 0 N–H and O–H groups in total. The molecule has 1 atom stereocenters. The lowest BCUT2D eigenvalue weighted by atomic mass is 9.99. The van der Waals surface area contributed by atoms with Crippen LogP contribution in [-0.4, -0.2) is 46.4 Å². The summed E-state index contributed by atoms with van der Waals surface area (Å²) in [5, 5.41) is 1.89. The van der Waals surface area contributed by atoms with E-state index in [4.69, 9.17) is 9.72 Å². The van der Waals surface area contributed by atoms with E-state index in [1.165, 1.54) is 16.0 Å². The summed E-state index contributed by atoms with van der Waals surface area (Å²) in [6.07, 6.45) is 1.94. The lowest BCUT2D eigenvalue weighted by Crippen LogP contribution is -2.41.